The van der Waals surface area contributed by atoms with Crippen LogP contribution in [0.4, 0.5) is 0 Å². The first-order chi connectivity index (χ1) is 15.9. The Hall–Kier alpha value is -1.79. The molecule has 188 valence electrons. The molecule has 0 aromatic carbocycles. The van der Waals surface area contributed by atoms with Crippen LogP contribution in [0.2, 0.25) is 16.6 Å². The topological polar surface area (TPSA) is 68.9 Å². The number of rotatable bonds is 6. The SMILES string of the molecule is CC1C(O[Si](C(C)C)(C(C)C)C(C)C)=CC=C2[C@@H]1CC[C@@]1(C)[C@H](c3ccoc3)OC(=O)C[C@@]21O. The Morgan fingerprint density at radius 2 is 1.76 bits per heavy atom. The predicted molar refractivity (Wildman–Crippen MR) is 135 cm³/mol. The van der Waals surface area contributed by atoms with Crippen molar-refractivity contribution in [1.82, 2.24) is 0 Å². The number of furan rings is 1. The monoisotopic (exact) mass is 486 g/mol. The Bertz CT molecular complexity index is 953. The molecule has 1 aromatic rings. The maximum atomic E-state index is 12.7. The Labute approximate surface area is 205 Å². The maximum absolute atomic E-state index is 12.7. The number of ether oxygens (including phenoxy) is 1. The van der Waals surface area contributed by atoms with Gasteiger partial charge in [-0.25, -0.2) is 0 Å². The molecule has 2 aliphatic carbocycles. The number of fused-ring (bicyclic) bond motifs is 3. The quantitative estimate of drug-likeness (QED) is 0.344. The van der Waals surface area contributed by atoms with E-state index in [4.69, 9.17) is 13.6 Å². The van der Waals surface area contributed by atoms with Gasteiger partial charge in [-0.2, -0.15) is 0 Å². The third kappa shape index (κ3) is 3.55. The number of esters is 1. The smallest absolute Gasteiger partial charge is 0.309 e. The van der Waals surface area contributed by atoms with Gasteiger partial charge in [0.2, 0.25) is 0 Å². The van der Waals surface area contributed by atoms with Gasteiger partial charge >= 0.3 is 5.97 Å². The predicted octanol–water partition coefficient (Wildman–Crippen LogP) is 7.07. The second kappa shape index (κ2) is 8.70. The maximum Gasteiger partial charge on any atom is 0.309 e. The van der Waals surface area contributed by atoms with Crippen molar-refractivity contribution < 1.29 is 23.5 Å². The highest BCUT2D eigenvalue weighted by atomic mass is 28.4. The van der Waals surface area contributed by atoms with E-state index in [1.54, 1.807) is 12.5 Å². The Morgan fingerprint density at radius 1 is 1.12 bits per heavy atom. The van der Waals surface area contributed by atoms with Crippen molar-refractivity contribution in [3.05, 3.63) is 47.6 Å². The zero-order chi connectivity index (χ0) is 25.1. The van der Waals surface area contributed by atoms with E-state index < -0.39 is 25.4 Å². The van der Waals surface area contributed by atoms with Crippen LogP contribution in [0.1, 0.15) is 86.3 Å². The first-order valence-corrected chi connectivity index (χ1v) is 15.1. The van der Waals surface area contributed by atoms with Crippen molar-refractivity contribution in [3.8, 4) is 0 Å². The molecule has 34 heavy (non-hydrogen) atoms. The summed E-state index contributed by atoms with van der Waals surface area (Å²) in [6.45, 7) is 18.1. The molecule has 1 aromatic heterocycles. The number of carbonyl (C=O) groups excluding carboxylic acids is 1. The summed E-state index contributed by atoms with van der Waals surface area (Å²) >= 11 is 0. The van der Waals surface area contributed by atoms with Gasteiger partial charge in [0.25, 0.3) is 8.32 Å². The van der Waals surface area contributed by atoms with Crippen molar-refractivity contribution in [2.45, 2.75) is 103 Å². The van der Waals surface area contributed by atoms with Gasteiger partial charge in [0.1, 0.15) is 11.7 Å². The van der Waals surface area contributed by atoms with Crippen molar-refractivity contribution in [2.24, 2.45) is 17.3 Å². The fraction of sp³-hybridized carbons (Fsp3) is 0.679. The van der Waals surface area contributed by atoms with Gasteiger partial charge in [-0.05, 0) is 53.1 Å². The van der Waals surface area contributed by atoms with E-state index in [1.807, 2.05) is 6.07 Å². The number of hydrogen-bond donors (Lipinski definition) is 1. The molecule has 0 radical (unpaired) electrons. The fourth-order valence-electron chi connectivity index (χ4n) is 7.47. The molecule has 1 saturated heterocycles. The largest absolute Gasteiger partial charge is 0.545 e. The lowest BCUT2D eigenvalue weighted by Crippen LogP contribution is -2.61. The van der Waals surface area contributed by atoms with Crippen LogP contribution in [-0.2, 0) is 14.0 Å². The minimum Gasteiger partial charge on any atom is -0.545 e. The number of hydrogen-bond acceptors (Lipinski definition) is 5. The number of carbonyl (C=O) groups is 1. The third-order valence-corrected chi connectivity index (χ3v) is 15.4. The second-order valence-corrected chi connectivity index (χ2v) is 17.3. The molecule has 2 heterocycles. The van der Waals surface area contributed by atoms with E-state index in [-0.39, 0.29) is 24.2 Å². The van der Waals surface area contributed by atoms with E-state index in [2.05, 4.69) is 67.5 Å². The molecule has 1 saturated carbocycles. The van der Waals surface area contributed by atoms with Crippen LogP contribution in [0.25, 0.3) is 0 Å². The van der Waals surface area contributed by atoms with Gasteiger partial charge < -0.3 is 18.7 Å². The van der Waals surface area contributed by atoms with E-state index in [0.29, 0.717) is 16.6 Å². The van der Waals surface area contributed by atoms with E-state index in [1.165, 1.54) is 0 Å². The normalized spacial score (nSPS) is 33.9. The van der Waals surface area contributed by atoms with E-state index in [0.717, 1.165) is 29.7 Å². The van der Waals surface area contributed by atoms with Gasteiger partial charge in [0.15, 0.2) is 0 Å². The molecule has 5 nitrogen and oxygen atoms in total. The standard InChI is InChI=1S/C28H42O5Si/c1-17(2)34(18(3)4,19(5)6)33-24-10-9-23-22(20(24)7)11-13-27(8)26(21-12-14-31-16-21)32-25(29)15-28(23,27)30/h9-10,12,14,16-20,22,26,30H,11,13,15H2,1-8H3/t20?,22-,26+,27+,28-/m1/s1. The highest BCUT2D eigenvalue weighted by Crippen LogP contribution is 2.63. The van der Waals surface area contributed by atoms with Gasteiger partial charge in [-0.1, -0.05) is 61.5 Å². The molecule has 1 aliphatic heterocycles. The van der Waals surface area contributed by atoms with Crippen LogP contribution >= 0.6 is 0 Å². The summed E-state index contributed by atoms with van der Waals surface area (Å²) in [7, 11) is -2.08. The van der Waals surface area contributed by atoms with Crippen molar-refractivity contribution >= 4 is 14.3 Å². The molecular formula is C28H42O5Si. The molecule has 0 amide bonds. The average molecular weight is 487 g/mol. The van der Waals surface area contributed by atoms with Crippen LogP contribution in [0.15, 0.2) is 46.5 Å². The summed E-state index contributed by atoms with van der Waals surface area (Å²) in [5.41, 5.74) is 1.36. The third-order valence-electron chi connectivity index (χ3n) is 9.35. The summed E-state index contributed by atoms with van der Waals surface area (Å²) in [6, 6.07) is 1.83. The lowest BCUT2D eigenvalue weighted by molar-refractivity contribution is -0.213. The van der Waals surface area contributed by atoms with Crippen LogP contribution in [-0.4, -0.2) is 25.0 Å². The molecule has 0 spiro atoms. The lowest BCUT2D eigenvalue weighted by atomic mass is 9.51. The molecule has 5 atom stereocenters. The number of cyclic esters (lactones) is 1. The highest BCUT2D eigenvalue weighted by molar-refractivity contribution is 6.77. The summed E-state index contributed by atoms with van der Waals surface area (Å²) in [5.74, 6) is 0.986. The van der Waals surface area contributed by atoms with Gasteiger partial charge in [0, 0.05) is 16.9 Å². The minimum absolute atomic E-state index is 0.0143. The van der Waals surface area contributed by atoms with Crippen molar-refractivity contribution in [2.75, 3.05) is 0 Å². The summed E-state index contributed by atoms with van der Waals surface area (Å²) in [5, 5.41) is 12.2. The highest BCUT2D eigenvalue weighted by Gasteiger charge is 2.64. The van der Waals surface area contributed by atoms with E-state index >= 15 is 0 Å². The summed E-state index contributed by atoms with van der Waals surface area (Å²) < 4.78 is 18.2. The molecule has 1 unspecified atom stereocenters. The minimum atomic E-state index is -2.08. The summed E-state index contributed by atoms with van der Waals surface area (Å²) in [4.78, 5) is 12.7. The average Bonchev–Trinajstić information content (AvgIpc) is 3.27. The molecular weight excluding hydrogens is 444 g/mol. The Kier molecular flexibility index (Phi) is 6.48. The van der Waals surface area contributed by atoms with Gasteiger partial charge in [0.05, 0.1) is 24.7 Å². The van der Waals surface area contributed by atoms with Gasteiger partial charge in [-0.15, -0.1) is 0 Å². The van der Waals surface area contributed by atoms with Crippen LogP contribution in [0.3, 0.4) is 0 Å². The molecule has 3 aliphatic rings. The lowest BCUT2D eigenvalue weighted by Gasteiger charge is -2.58. The molecule has 0 bridgehead atoms. The van der Waals surface area contributed by atoms with Crippen molar-refractivity contribution in [3.63, 3.8) is 0 Å². The van der Waals surface area contributed by atoms with Crippen LogP contribution in [0, 0.1) is 17.3 Å². The Morgan fingerprint density at radius 3 is 2.32 bits per heavy atom. The molecule has 1 N–H and O–H groups in total. The van der Waals surface area contributed by atoms with Crippen molar-refractivity contribution in [1.29, 1.82) is 0 Å². The number of aliphatic hydroxyl groups is 1. The van der Waals surface area contributed by atoms with Gasteiger partial charge in [-0.3, -0.25) is 4.79 Å². The zero-order valence-corrected chi connectivity index (χ0v) is 23.1. The molecule has 6 heteroatoms. The zero-order valence-electron chi connectivity index (χ0n) is 22.1. The fourth-order valence-corrected chi connectivity index (χ4v) is 12.8. The molecule has 4 rings (SSSR count). The first-order valence-electron chi connectivity index (χ1n) is 12.9. The molecule has 2 fully saturated rings. The number of allylic oxidation sites excluding steroid dienone is 3. The van der Waals surface area contributed by atoms with Crippen LogP contribution in [0.5, 0.6) is 0 Å². The van der Waals surface area contributed by atoms with E-state index in [9.17, 15) is 9.90 Å². The van der Waals surface area contributed by atoms with Crippen LogP contribution < -0.4 is 0 Å². The summed E-state index contributed by atoms with van der Waals surface area (Å²) in [6.07, 6.45) is 8.49. The Balaban J connectivity index is 1.75. The second-order valence-electron chi connectivity index (χ2n) is 11.9. The first kappa shape index (κ1) is 25.3.